The molecular weight excluding hydrogens is 158 g/mol. The zero-order chi connectivity index (χ0) is 10.1. The van der Waals surface area contributed by atoms with Crippen molar-refractivity contribution in [2.45, 2.75) is 40.0 Å². The summed E-state index contributed by atoms with van der Waals surface area (Å²) in [5, 5.41) is 0. The van der Waals surface area contributed by atoms with Gasteiger partial charge in [-0.05, 0) is 36.5 Å². The van der Waals surface area contributed by atoms with Crippen LogP contribution >= 0.6 is 0 Å². The normalized spacial score (nSPS) is 32.2. The van der Waals surface area contributed by atoms with E-state index < -0.39 is 0 Å². The Kier molecular flexibility index (Phi) is 3.18. The van der Waals surface area contributed by atoms with E-state index in [1.807, 2.05) is 0 Å². The molecular formula is C12H23N. The minimum absolute atomic E-state index is 0.603. The van der Waals surface area contributed by atoms with Crippen molar-refractivity contribution in [2.75, 3.05) is 6.54 Å². The van der Waals surface area contributed by atoms with E-state index in [-0.39, 0.29) is 0 Å². The molecule has 0 aromatic rings. The Hall–Kier alpha value is -0.300. The Labute approximate surface area is 82.4 Å². The van der Waals surface area contributed by atoms with E-state index in [0.717, 1.165) is 18.3 Å². The van der Waals surface area contributed by atoms with E-state index in [1.54, 1.807) is 0 Å². The highest BCUT2D eigenvalue weighted by atomic mass is 14.6. The van der Waals surface area contributed by atoms with Crippen molar-refractivity contribution in [3.63, 3.8) is 0 Å². The maximum Gasteiger partial charge on any atom is 0.0134 e. The number of hydrogen-bond acceptors (Lipinski definition) is 1. The Morgan fingerprint density at radius 1 is 1.62 bits per heavy atom. The largest absolute Gasteiger partial charge is 0.327 e. The minimum atomic E-state index is 0.603. The molecule has 0 amide bonds. The fourth-order valence-corrected chi connectivity index (χ4v) is 2.44. The van der Waals surface area contributed by atoms with Crippen molar-refractivity contribution in [1.29, 1.82) is 0 Å². The molecule has 76 valence electrons. The molecule has 1 heteroatoms. The highest BCUT2D eigenvalue weighted by Crippen LogP contribution is 2.58. The summed E-state index contributed by atoms with van der Waals surface area (Å²) in [4.78, 5) is 0. The molecule has 0 spiro atoms. The molecule has 2 atom stereocenters. The third-order valence-electron chi connectivity index (χ3n) is 3.24. The van der Waals surface area contributed by atoms with Gasteiger partial charge in [0.05, 0.1) is 0 Å². The lowest BCUT2D eigenvalue weighted by Gasteiger charge is -2.14. The van der Waals surface area contributed by atoms with E-state index >= 15 is 0 Å². The van der Waals surface area contributed by atoms with Gasteiger partial charge in [0.15, 0.2) is 0 Å². The third kappa shape index (κ3) is 2.84. The van der Waals surface area contributed by atoms with Crippen LogP contribution in [0.5, 0.6) is 0 Å². The maximum absolute atomic E-state index is 5.54. The maximum atomic E-state index is 5.54. The second kappa shape index (κ2) is 3.83. The predicted octanol–water partition coefficient (Wildman–Crippen LogP) is 2.96. The molecule has 2 unspecified atom stereocenters. The van der Waals surface area contributed by atoms with Crippen molar-refractivity contribution >= 4 is 0 Å². The fraction of sp³-hybridized carbons (Fsp3) is 0.833. The molecule has 1 rings (SSSR count). The third-order valence-corrected chi connectivity index (χ3v) is 3.24. The van der Waals surface area contributed by atoms with Crippen LogP contribution in [0.4, 0.5) is 0 Å². The van der Waals surface area contributed by atoms with E-state index in [0.29, 0.717) is 12.0 Å². The first-order chi connectivity index (χ1) is 5.98. The summed E-state index contributed by atoms with van der Waals surface area (Å²) >= 11 is 0. The lowest BCUT2D eigenvalue weighted by Crippen LogP contribution is -2.07. The van der Waals surface area contributed by atoms with Crippen LogP contribution in [0.1, 0.15) is 40.0 Å². The van der Waals surface area contributed by atoms with Crippen LogP contribution in [0.15, 0.2) is 12.2 Å². The van der Waals surface area contributed by atoms with Crippen molar-refractivity contribution in [2.24, 2.45) is 23.0 Å². The van der Waals surface area contributed by atoms with Crippen LogP contribution in [0, 0.1) is 17.3 Å². The van der Waals surface area contributed by atoms with Crippen molar-refractivity contribution in [3.8, 4) is 0 Å². The van der Waals surface area contributed by atoms with Gasteiger partial charge >= 0.3 is 0 Å². The molecule has 0 aromatic carbocycles. The van der Waals surface area contributed by atoms with Crippen LogP contribution in [0.3, 0.4) is 0 Å². The lowest BCUT2D eigenvalue weighted by atomic mass is 9.92. The van der Waals surface area contributed by atoms with Crippen LogP contribution in [0.25, 0.3) is 0 Å². The standard InChI is InChI=1S/C12H23N/c1-9(2)6-12(4)7-11(12)5-10(3)8-13/h9,11H,3,5-8,13H2,1-2,4H3. The van der Waals surface area contributed by atoms with Crippen LogP contribution in [0.2, 0.25) is 0 Å². The molecule has 0 heterocycles. The molecule has 2 N–H and O–H groups in total. The molecule has 0 aliphatic heterocycles. The summed E-state index contributed by atoms with van der Waals surface area (Å²) < 4.78 is 0. The second-order valence-electron chi connectivity index (χ2n) is 5.31. The first kappa shape index (κ1) is 10.8. The first-order valence-electron chi connectivity index (χ1n) is 5.34. The highest BCUT2D eigenvalue weighted by molar-refractivity contribution is 5.08. The summed E-state index contributed by atoms with van der Waals surface area (Å²) in [6, 6.07) is 0. The van der Waals surface area contributed by atoms with Gasteiger partial charge in [-0.3, -0.25) is 0 Å². The van der Waals surface area contributed by atoms with Gasteiger partial charge in [-0.2, -0.15) is 0 Å². The summed E-state index contributed by atoms with van der Waals surface area (Å²) in [5.41, 5.74) is 7.36. The molecule has 0 radical (unpaired) electrons. The topological polar surface area (TPSA) is 26.0 Å². The van der Waals surface area contributed by atoms with Crippen LogP contribution < -0.4 is 5.73 Å². The van der Waals surface area contributed by atoms with Crippen molar-refractivity contribution in [1.82, 2.24) is 0 Å². The molecule has 1 nitrogen and oxygen atoms in total. The molecule has 0 bridgehead atoms. The van der Waals surface area contributed by atoms with Gasteiger partial charge in [0, 0.05) is 6.54 Å². The van der Waals surface area contributed by atoms with E-state index in [2.05, 4.69) is 27.4 Å². The monoisotopic (exact) mass is 181 g/mol. The predicted molar refractivity (Wildman–Crippen MR) is 58.5 cm³/mol. The fourth-order valence-electron chi connectivity index (χ4n) is 2.44. The van der Waals surface area contributed by atoms with E-state index in [1.165, 1.54) is 18.4 Å². The zero-order valence-corrected chi connectivity index (χ0v) is 9.27. The molecule has 0 aromatic heterocycles. The highest BCUT2D eigenvalue weighted by Gasteiger charge is 2.49. The van der Waals surface area contributed by atoms with Gasteiger partial charge in [0.1, 0.15) is 0 Å². The molecule has 13 heavy (non-hydrogen) atoms. The van der Waals surface area contributed by atoms with E-state index in [9.17, 15) is 0 Å². The molecule has 1 aliphatic rings. The Morgan fingerprint density at radius 3 is 2.69 bits per heavy atom. The Balaban J connectivity index is 2.31. The molecule has 0 saturated heterocycles. The summed E-state index contributed by atoms with van der Waals surface area (Å²) in [6.07, 6.45) is 3.89. The molecule has 1 aliphatic carbocycles. The van der Waals surface area contributed by atoms with Gasteiger partial charge in [0.2, 0.25) is 0 Å². The SMILES string of the molecule is C=C(CN)CC1CC1(C)CC(C)C. The summed E-state index contributed by atoms with van der Waals surface area (Å²) in [7, 11) is 0. The van der Waals surface area contributed by atoms with Crippen LogP contribution in [-0.4, -0.2) is 6.54 Å². The second-order valence-corrected chi connectivity index (χ2v) is 5.31. The number of nitrogens with two attached hydrogens (primary N) is 1. The number of hydrogen-bond donors (Lipinski definition) is 1. The minimum Gasteiger partial charge on any atom is -0.327 e. The van der Waals surface area contributed by atoms with Crippen molar-refractivity contribution in [3.05, 3.63) is 12.2 Å². The summed E-state index contributed by atoms with van der Waals surface area (Å²) in [6.45, 7) is 11.6. The average molecular weight is 181 g/mol. The summed E-state index contributed by atoms with van der Waals surface area (Å²) in [5.74, 6) is 1.69. The first-order valence-corrected chi connectivity index (χ1v) is 5.34. The molecule has 1 fully saturated rings. The quantitative estimate of drug-likeness (QED) is 0.648. The van der Waals surface area contributed by atoms with Gasteiger partial charge < -0.3 is 5.73 Å². The number of rotatable bonds is 5. The van der Waals surface area contributed by atoms with Gasteiger partial charge in [0.25, 0.3) is 0 Å². The smallest absolute Gasteiger partial charge is 0.0134 e. The Morgan fingerprint density at radius 2 is 2.23 bits per heavy atom. The average Bonchev–Trinajstić information content (AvgIpc) is 2.59. The van der Waals surface area contributed by atoms with Crippen molar-refractivity contribution < 1.29 is 0 Å². The van der Waals surface area contributed by atoms with Gasteiger partial charge in [-0.1, -0.05) is 32.9 Å². The Bertz CT molecular complexity index is 195. The van der Waals surface area contributed by atoms with E-state index in [4.69, 9.17) is 5.73 Å². The van der Waals surface area contributed by atoms with Crippen LogP contribution in [-0.2, 0) is 0 Å². The molecule has 1 saturated carbocycles. The van der Waals surface area contributed by atoms with Gasteiger partial charge in [-0.15, -0.1) is 0 Å². The van der Waals surface area contributed by atoms with Gasteiger partial charge in [-0.25, -0.2) is 0 Å². The lowest BCUT2D eigenvalue weighted by molar-refractivity contribution is 0.385. The zero-order valence-electron chi connectivity index (χ0n) is 9.27.